The third kappa shape index (κ3) is 9.49. The highest BCUT2D eigenvalue weighted by Crippen LogP contribution is 1.91. The van der Waals surface area contributed by atoms with E-state index in [0.717, 1.165) is 0 Å². The SMILES string of the molecule is COCC(CNS(=O)(=O)CCNC(C)C)OC. The predicted molar refractivity (Wildman–Crippen MR) is 67.6 cm³/mol. The molecule has 0 radical (unpaired) electrons. The van der Waals surface area contributed by atoms with Crippen molar-refractivity contribution in [2.24, 2.45) is 0 Å². The van der Waals surface area contributed by atoms with Crippen LogP contribution in [0.5, 0.6) is 0 Å². The molecule has 0 spiro atoms. The van der Waals surface area contributed by atoms with Gasteiger partial charge in [0.05, 0.1) is 18.5 Å². The smallest absolute Gasteiger partial charge is 0.212 e. The summed E-state index contributed by atoms with van der Waals surface area (Å²) in [7, 11) is -0.174. The lowest BCUT2D eigenvalue weighted by Gasteiger charge is -2.15. The normalized spacial score (nSPS) is 14.2. The highest BCUT2D eigenvalue weighted by Gasteiger charge is 2.14. The van der Waals surface area contributed by atoms with Crippen molar-refractivity contribution in [2.75, 3.05) is 39.7 Å². The molecule has 0 fully saturated rings. The standard InChI is InChI=1S/C10H24N2O4S/c1-9(2)11-5-6-17(13,14)12-7-10(16-4)8-15-3/h9-12H,5-8H2,1-4H3. The summed E-state index contributed by atoms with van der Waals surface area (Å²) < 4.78 is 35.6. The topological polar surface area (TPSA) is 76.7 Å². The Bertz CT molecular complexity index is 280. The van der Waals surface area contributed by atoms with Crippen LogP contribution in [-0.2, 0) is 19.5 Å². The van der Waals surface area contributed by atoms with Crippen molar-refractivity contribution in [3.63, 3.8) is 0 Å². The zero-order valence-corrected chi connectivity index (χ0v) is 11.8. The highest BCUT2D eigenvalue weighted by atomic mass is 32.2. The van der Waals surface area contributed by atoms with Crippen LogP contribution in [0.25, 0.3) is 0 Å². The number of sulfonamides is 1. The summed E-state index contributed by atoms with van der Waals surface area (Å²) in [4.78, 5) is 0. The predicted octanol–water partition coefficient (Wildman–Crippen LogP) is -0.435. The van der Waals surface area contributed by atoms with Crippen LogP contribution in [0.15, 0.2) is 0 Å². The Morgan fingerprint density at radius 2 is 1.88 bits per heavy atom. The van der Waals surface area contributed by atoms with Gasteiger partial charge >= 0.3 is 0 Å². The summed E-state index contributed by atoms with van der Waals surface area (Å²) in [5, 5.41) is 3.05. The van der Waals surface area contributed by atoms with Crippen LogP contribution in [-0.4, -0.2) is 60.2 Å². The van der Waals surface area contributed by atoms with Crippen LogP contribution < -0.4 is 10.0 Å². The molecular formula is C10H24N2O4S. The first kappa shape index (κ1) is 16.8. The molecule has 0 aliphatic heterocycles. The van der Waals surface area contributed by atoms with Gasteiger partial charge in [-0.25, -0.2) is 13.1 Å². The first-order chi connectivity index (χ1) is 7.91. The molecule has 0 aromatic heterocycles. The van der Waals surface area contributed by atoms with Gasteiger partial charge in [-0.2, -0.15) is 0 Å². The van der Waals surface area contributed by atoms with Gasteiger partial charge in [-0.3, -0.25) is 0 Å². The zero-order chi connectivity index (χ0) is 13.3. The molecule has 0 heterocycles. The molecule has 0 aromatic carbocycles. The van der Waals surface area contributed by atoms with Crippen LogP contribution in [0.2, 0.25) is 0 Å². The summed E-state index contributed by atoms with van der Waals surface area (Å²) in [6.07, 6.45) is -0.257. The minimum Gasteiger partial charge on any atom is -0.382 e. The van der Waals surface area contributed by atoms with Gasteiger partial charge in [0, 0.05) is 33.4 Å². The van der Waals surface area contributed by atoms with E-state index in [9.17, 15) is 8.42 Å². The van der Waals surface area contributed by atoms with Gasteiger partial charge in [0.15, 0.2) is 0 Å². The fourth-order valence-electron chi connectivity index (χ4n) is 1.17. The zero-order valence-electron chi connectivity index (χ0n) is 11.0. The lowest BCUT2D eigenvalue weighted by molar-refractivity contribution is 0.0320. The molecule has 1 unspecified atom stereocenters. The van der Waals surface area contributed by atoms with E-state index in [1.165, 1.54) is 7.11 Å². The molecule has 0 aromatic rings. The van der Waals surface area contributed by atoms with Crippen molar-refractivity contribution < 1.29 is 17.9 Å². The minimum absolute atomic E-state index is 0.0641. The van der Waals surface area contributed by atoms with Crippen molar-refractivity contribution >= 4 is 10.0 Å². The molecule has 0 amide bonds. The summed E-state index contributed by atoms with van der Waals surface area (Å²) in [5.41, 5.74) is 0. The largest absolute Gasteiger partial charge is 0.382 e. The van der Waals surface area contributed by atoms with Crippen LogP contribution in [0.3, 0.4) is 0 Å². The van der Waals surface area contributed by atoms with Gasteiger partial charge < -0.3 is 14.8 Å². The third-order valence-corrected chi connectivity index (χ3v) is 3.49. The molecule has 0 aliphatic carbocycles. The first-order valence-electron chi connectivity index (χ1n) is 5.63. The highest BCUT2D eigenvalue weighted by molar-refractivity contribution is 7.89. The summed E-state index contributed by atoms with van der Waals surface area (Å²) in [6, 6.07) is 0.283. The quantitative estimate of drug-likeness (QED) is 0.562. The average molecular weight is 268 g/mol. The molecular weight excluding hydrogens is 244 g/mol. The van der Waals surface area contributed by atoms with Gasteiger partial charge in [0.2, 0.25) is 10.0 Å². The van der Waals surface area contributed by atoms with Crippen LogP contribution in [0, 0.1) is 0 Å². The molecule has 7 heteroatoms. The van der Waals surface area contributed by atoms with Gasteiger partial charge in [-0.15, -0.1) is 0 Å². The van der Waals surface area contributed by atoms with Crippen LogP contribution >= 0.6 is 0 Å². The van der Waals surface area contributed by atoms with Gasteiger partial charge in [-0.05, 0) is 0 Å². The van der Waals surface area contributed by atoms with Crippen molar-refractivity contribution in [3.05, 3.63) is 0 Å². The Balaban J connectivity index is 3.91. The van der Waals surface area contributed by atoms with Gasteiger partial charge in [0.25, 0.3) is 0 Å². The Morgan fingerprint density at radius 3 is 2.35 bits per heavy atom. The third-order valence-electron chi connectivity index (χ3n) is 2.14. The lowest BCUT2D eigenvalue weighted by atomic mass is 10.4. The molecule has 1 atom stereocenters. The summed E-state index contributed by atoms with van der Waals surface area (Å²) in [5.74, 6) is 0.0641. The van der Waals surface area contributed by atoms with E-state index < -0.39 is 10.0 Å². The Labute approximate surface area is 104 Å². The van der Waals surface area contributed by atoms with Crippen LogP contribution in [0.1, 0.15) is 13.8 Å². The number of hydrogen-bond donors (Lipinski definition) is 2. The first-order valence-corrected chi connectivity index (χ1v) is 7.29. The van der Waals surface area contributed by atoms with Crippen LogP contribution in [0.4, 0.5) is 0 Å². The second kappa shape index (κ2) is 8.82. The number of methoxy groups -OCH3 is 2. The van der Waals surface area contributed by atoms with E-state index in [1.54, 1.807) is 7.11 Å². The molecule has 2 N–H and O–H groups in total. The molecule has 0 bridgehead atoms. The maximum atomic E-state index is 11.6. The second-order valence-corrected chi connectivity index (χ2v) is 6.02. The number of rotatable bonds is 10. The van der Waals surface area contributed by atoms with E-state index in [0.29, 0.717) is 13.2 Å². The lowest BCUT2D eigenvalue weighted by Crippen LogP contribution is -2.39. The Kier molecular flexibility index (Phi) is 8.71. The second-order valence-electron chi connectivity index (χ2n) is 4.09. The molecule has 6 nitrogen and oxygen atoms in total. The van der Waals surface area contributed by atoms with Crippen molar-refractivity contribution in [3.8, 4) is 0 Å². The van der Waals surface area contributed by atoms with E-state index in [2.05, 4.69) is 10.0 Å². The maximum absolute atomic E-state index is 11.6. The molecule has 0 saturated carbocycles. The van der Waals surface area contributed by atoms with E-state index >= 15 is 0 Å². The number of ether oxygens (including phenoxy) is 2. The number of nitrogens with one attached hydrogen (secondary N) is 2. The monoisotopic (exact) mass is 268 g/mol. The molecule has 0 saturated heterocycles. The Hall–Kier alpha value is -0.210. The maximum Gasteiger partial charge on any atom is 0.212 e. The summed E-state index contributed by atoms with van der Waals surface area (Å²) in [6.45, 7) is 4.98. The molecule has 0 aliphatic rings. The Morgan fingerprint density at radius 1 is 1.24 bits per heavy atom. The van der Waals surface area contributed by atoms with Gasteiger partial charge in [0.1, 0.15) is 0 Å². The van der Waals surface area contributed by atoms with Crippen molar-refractivity contribution in [2.45, 2.75) is 26.0 Å². The van der Waals surface area contributed by atoms with E-state index in [1.807, 2.05) is 13.8 Å². The number of hydrogen-bond acceptors (Lipinski definition) is 5. The van der Waals surface area contributed by atoms with Crippen molar-refractivity contribution in [1.29, 1.82) is 0 Å². The van der Waals surface area contributed by atoms with Gasteiger partial charge in [-0.1, -0.05) is 13.8 Å². The summed E-state index contributed by atoms with van der Waals surface area (Å²) >= 11 is 0. The van der Waals surface area contributed by atoms with E-state index in [-0.39, 0.29) is 24.4 Å². The van der Waals surface area contributed by atoms with Crippen molar-refractivity contribution in [1.82, 2.24) is 10.0 Å². The molecule has 17 heavy (non-hydrogen) atoms. The van der Waals surface area contributed by atoms with E-state index in [4.69, 9.17) is 9.47 Å². The fourth-order valence-corrected chi connectivity index (χ4v) is 2.14. The average Bonchev–Trinajstić information content (AvgIpc) is 2.23. The minimum atomic E-state index is -3.25. The molecule has 104 valence electrons. The molecule has 0 rings (SSSR count). The fraction of sp³-hybridized carbons (Fsp3) is 1.00.